The molecule has 4 radical (unpaired) electrons. The molecule has 1 rings (SSSR count). The first kappa shape index (κ1) is 5.42. The second-order valence-electron chi connectivity index (χ2n) is 1.70. The van der Waals surface area contributed by atoms with E-state index in [1.165, 1.54) is 6.26 Å². The number of aryl methyl sites for hydroxylation is 1. The lowest BCUT2D eigenvalue weighted by molar-refractivity contribution is 0.546. The van der Waals surface area contributed by atoms with Gasteiger partial charge in [-0.15, -0.1) is 0 Å². The molecule has 40 valence electrons. The summed E-state index contributed by atoms with van der Waals surface area (Å²) >= 11 is 0. The van der Waals surface area contributed by atoms with Gasteiger partial charge in [0.2, 0.25) is 0 Å². The Labute approximate surface area is 49.3 Å². The van der Waals surface area contributed by atoms with E-state index in [1.807, 2.05) is 6.92 Å². The highest BCUT2D eigenvalue weighted by molar-refractivity contribution is 5.30. The van der Waals surface area contributed by atoms with Crippen LogP contribution in [-0.2, 0) is 0 Å². The molecular formula is C7H6O. The van der Waals surface area contributed by atoms with Crippen molar-refractivity contribution in [3.8, 4) is 0 Å². The first-order valence-electron chi connectivity index (χ1n) is 2.31. The van der Waals surface area contributed by atoms with Gasteiger partial charge >= 0.3 is 0 Å². The van der Waals surface area contributed by atoms with E-state index in [0.717, 1.165) is 5.56 Å². The Balaban J connectivity index is 3.19. The summed E-state index contributed by atoms with van der Waals surface area (Å²) in [5, 5.41) is 0. The predicted octanol–water partition coefficient (Wildman–Crippen LogP) is 1.71. The Kier molecular flexibility index (Phi) is 1.12. The first-order chi connectivity index (χ1) is 3.72. The van der Waals surface area contributed by atoms with E-state index >= 15 is 0 Å². The van der Waals surface area contributed by atoms with Crippen molar-refractivity contribution in [2.75, 3.05) is 0 Å². The third-order valence-electron chi connectivity index (χ3n) is 1.05. The topological polar surface area (TPSA) is 13.1 Å². The summed E-state index contributed by atoms with van der Waals surface area (Å²) in [6.07, 6.45) is 1.53. The molecule has 0 atom stereocenters. The zero-order chi connectivity index (χ0) is 6.15. The summed E-state index contributed by atoms with van der Waals surface area (Å²) in [6.45, 7) is 12.5. The minimum atomic E-state index is 0.308. The van der Waals surface area contributed by atoms with Crippen LogP contribution in [0, 0.1) is 20.8 Å². The highest BCUT2D eigenvalue weighted by Crippen LogP contribution is 2.12. The van der Waals surface area contributed by atoms with Crippen molar-refractivity contribution in [3.05, 3.63) is 37.0 Å². The van der Waals surface area contributed by atoms with Gasteiger partial charge in [0.15, 0.2) is 0 Å². The molecule has 8 heavy (non-hydrogen) atoms. The number of hydrogen-bond acceptors (Lipinski definition) is 1. The summed E-state index contributed by atoms with van der Waals surface area (Å²) < 4.78 is 4.75. The normalized spacial score (nSPS) is 9.88. The molecule has 0 aliphatic carbocycles. The maximum atomic E-state index is 5.38. The van der Waals surface area contributed by atoms with Gasteiger partial charge in [0.25, 0.3) is 0 Å². The van der Waals surface area contributed by atoms with Crippen molar-refractivity contribution in [2.45, 2.75) is 6.92 Å². The maximum Gasteiger partial charge on any atom is 0.112 e. The van der Waals surface area contributed by atoms with Crippen molar-refractivity contribution < 1.29 is 4.42 Å². The van der Waals surface area contributed by atoms with Gasteiger partial charge in [-0.25, -0.2) is 0 Å². The first-order valence-corrected chi connectivity index (χ1v) is 2.31. The quantitative estimate of drug-likeness (QED) is 0.490. The second kappa shape index (κ2) is 1.66. The molecule has 1 nitrogen and oxygen atoms in total. The standard InChI is InChI=1S/C7H6O/c1-5-4-8-7(3)6(5)2/h2-4H,1H3. The van der Waals surface area contributed by atoms with Crippen LogP contribution in [0.1, 0.15) is 16.9 Å². The Morgan fingerprint density at radius 2 is 2.12 bits per heavy atom. The Morgan fingerprint density at radius 1 is 1.50 bits per heavy atom. The van der Waals surface area contributed by atoms with Crippen LogP contribution >= 0.6 is 0 Å². The van der Waals surface area contributed by atoms with E-state index in [4.69, 9.17) is 18.3 Å². The summed E-state index contributed by atoms with van der Waals surface area (Å²) in [6, 6.07) is 0. The van der Waals surface area contributed by atoms with Gasteiger partial charge in [0.05, 0.1) is 6.26 Å². The zero-order valence-electron chi connectivity index (χ0n) is 4.64. The van der Waals surface area contributed by atoms with Crippen molar-refractivity contribution in [2.24, 2.45) is 0 Å². The smallest absolute Gasteiger partial charge is 0.112 e. The average Bonchev–Trinajstić information content (AvgIpc) is 1.98. The maximum absolute atomic E-state index is 5.38. The summed E-state index contributed by atoms with van der Waals surface area (Å²) in [4.78, 5) is 0. The SMILES string of the molecule is [CH]c1occ(C)c1[CH]. The van der Waals surface area contributed by atoms with Crippen LogP contribution in [0.3, 0.4) is 0 Å². The molecule has 1 aromatic heterocycles. The number of furan rings is 1. The van der Waals surface area contributed by atoms with Gasteiger partial charge in [-0.05, 0) is 12.5 Å². The highest BCUT2D eigenvalue weighted by atomic mass is 16.3. The molecule has 0 N–H and O–H groups in total. The molecule has 0 bridgehead atoms. The van der Waals surface area contributed by atoms with Crippen LogP contribution in [0.5, 0.6) is 0 Å². The average molecular weight is 106 g/mol. The molecule has 0 aliphatic rings. The lowest BCUT2D eigenvalue weighted by atomic mass is 10.2. The van der Waals surface area contributed by atoms with Crippen LogP contribution in [0.15, 0.2) is 10.7 Å². The molecule has 1 aromatic rings. The molecule has 0 saturated heterocycles. The summed E-state index contributed by atoms with van der Waals surface area (Å²) in [5.74, 6) is 0.308. The van der Waals surface area contributed by atoms with E-state index in [-0.39, 0.29) is 0 Å². The fourth-order valence-corrected chi connectivity index (χ4v) is 0.473. The van der Waals surface area contributed by atoms with Gasteiger partial charge < -0.3 is 4.42 Å². The molecule has 0 spiro atoms. The van der Waals surface area contributed by atoms with E-state index in [2.05, 4.69) is 0 Å². The van der Waals surface area contributed by atoms with Crippen molar-refractivity contribution in [1.29, 1.82) is 0 Å². The van der Waals surface area contributed by atoms with Crippen LogP contribution < -0.4 is 0 Å². The highest BCUT2D eigenvalue weighted by Gasteiger charge is 1.98. The van der Waals surface area contributed by atoms with E-state index < -0.39 is 0 Å². The third kappa shape index (κ3) is 0.641. The van der Waals surface area contributed by atoms with Crippen LogP contribution in [-0.4, -0.2) is 0 Å². The third-order valence-corrected chi connectivity index (χ3v) is 1.05. The zero-order valence-corrected chi connectivity index (χ0v) is 4.64. The fraction of sp³-hybridized carbons (Fsp3) is 0.143. The molecule has 0 amide bonds. The molecule has 0 fully saturated rings. The lowest BCUT2D eigenvalue weighted by Gasteiger charge is -1.82. The summed E-state index contributed by atoms with van der Waals surface area (Å²) in [5.41, 5.74) is 1.44. The second-order valence-corrected chi connectivity index (χ2v) is 1.70. The minimum Gasteiger partial charge on any atom is -0.468 e. The molecular weight excluding hydrogens is 100 g/mol. The van der Waals surface area contributed by atoms with Crippen molar-refractivity contribution in [3.63, 3.8) is 0 Å². The number of hydrogen-bond donors (Lipinski definition) is 0. The predicted molar refractivity (Wildman–Crippen MR) is 30.2 cm³/mol. The molecule has 0 saturated carbocycles. The van der Waals surface area contributed by atoms with Crippen molar-refractivity contribution in [1.82, 2.24) is 0 Å². The Morgan fingerprint density at radius 3 is 2.25 bits per heavy atom. The monoisotopic (exact) mass is 106 g/mol. The minimum absolute atomic E-state index is 0.308. The Hall–Kier alpha value is -0.720. The van der Waals surface area contributed by atoms with Gasteiger partial charge in [-0.2, -0.15) is 0 Å². The molecule has 0 aromatic carbocycles. The number of rotatable bonds is 0. The van der Waals surface area contributed by atoms with Gasteiger partial charge in [0.1, 0.15) is 5.76 Å². The van der Waals surface area contributed by atoms with Crippen LogP contribution in [0.25, 0.3) is 0 Å². The van der Waals surface area contributed by atoms with Crippen LogP contribution in [0.4, 0.5) is 0 Å². The van der Waals surface area contributed by atoms with E-state index in [1.54, 1.807) is 0 Å². The Bertz CT molecular complexity index is 167. The van der Waals surface area contributed by atoms with E-state index in [0.29, 0.717) is 11.3 Å². The van der Waals surface area contributed by atoms with Gasteiger partial charge in [-0.1, -0.05) is 0 Å². The largest absolute Gasteiger partial charge is 0.468 e. The summed E-state index contributed by atoms with van der Waals surface area (Å²) in [7, 11) is 0. The molecule has 0 aliphatic heterocycles. The molecule has 1 heterocycles. The molecule has 0 unspecified atom stereocenters. The lowest BCUT2D eigenvalue weighted by Crippen LogP contribution is -1.71. The van der Waals surface area contributed by atoms with Gasteiger partial charge in [0, 0.05) is 19.4 Å². The van der Waals surface area contributed by atoms with Crippen LogP contribution in [0.2, 0.25) is 0 Å². The van der Waals surface area contributed by atoms with Crippen molar-refractivity contribution >= 4 is 0 Å². The van der Waals surface area contributed by atoms with E-state index in [9.17, 15) is 0 Å². The van der Waals surface area contributed by atoms with Gasteiger partial charge in [-0.3, -0.25) is 0 Å². The fourth-order valence-electron chi connectivity index (χ4n) is 0.473. The molecule has 1 heteroatoms.